The number of fused-ring (bicyclic) bond motifs is 1. The Bertz CT molecular complexity index is 1360. The normalized spacial score (nSPS) is 18.0. The number of ether oxygens (including phenoxy) is 2. The van der Waals surface area contributed by atoms with Crippen LogP contribution in [-0.2, 0) is 14.3 Å². The largest absolute Gasteiger partial charge is 0.405 e. The molecule has 4 N–H and O–H groups in total. The van der Waals surface area contributed by atoms with Crippen molar-refractivity contribution in [3.63, 3.8) is 0 Å². The Morgan fingerprint density at radius 1 is 1.20 bits per heavy atom. The molecule has 35 heavy (non-hydrogen) atoms. The van der Waals surface area contributed by atoms with Gasteiger partial charge in [-0.05, 0) is 18.1 Å². The minimum Gasteiger partial charge on any atom is -0.405 e. The van der Waals surface area contributed by atoms with Crippen LogP contribution in [0, 0.1) is 5.41 Å². The number of carbonyl (C=O) groups is 1. The summed E-state index contributed by atoms with van der Waals surface area (Å²) >= 11 is 1.42. The SMILES string of the molecule is N=C(OC(N)=NC1N=C(c2ccccc2)c2ccccc2NC1=O)c1ncsc1C1=CCOCC1. The van der Waals surface area contributed by atoms with E-state index in [9.17, 15) is 4.79 Å². The summed E-state index contributed by atoms with van der Waals surface area (Å²) in [5.74, 6) is -0.706. The van der Waals surface area contributed by atoms with Crippen LogP contribution in [0.4, 0.5) is 5.69 Å². The van der Waals surface area contributed by atoms with Crippen molar-refractivity contribution in [3.8, 4) is 0 Å². The van der Waals surface area contributed by atoms with Crippen molar-refractivity contribution in [1.82, 2.24) is 4.98 Å². The monoisotopic (exact) mass is 486 g/mol. The number of benzodiazepines with no additional fused rings is 1. The van der Waals surface area contributed by atoms with Crippen LogP contribution < -0.4 is 11.1 Å². The number of rotatable bonds is 4. The van der Waals surface area contributed by atoms with E-state index in [1.807, 2.05) is 60.7 Å². The van der Waals surface area contributed by atoms with Crippen LogP contribution in [-0.4, -0.2) is 47.9 Å². The molecule has 0 saturated carbocycles. The van der Waals surface area contributed by atoms with Gasteiger partial charge in [-0.25, -0.2) is 9.98 Å². The van der Waals surface area contributed by atoms with Gasteiger partial charge in [0.05, 0.1) is 35.0 Å². The molecule has 0 saturated heterocycles. The maximum atomic E-state index is 12.9. The smallest absolute Gasteiger partial charge is 0.291 e. The van der Waals surface area contributed by atoms with Gasteiger partial charge >= 0.3 is 0 Å². The van der Waals surface area contributed by atoms with Gasteiger partial charge in [-0.3, -0.25) is 10.2 Å². The molecule has 10 heteroatoms. The highest BCUT2D eigenvalue weighted by Crippen LogP contribution is 2.28. The highest BCUT2D eigenvalue weighted by Gasteiger charge is 2.26. The quantitative estimate of drug-likeness (QED) is 0.384. The topological polar surface area (TPSA) is 135 Å². The third kappa shape index (κ3) is 4.88. The van der Waals surface area contributed by atoms with Gasteiger partial charge < -0.3 is 20.5 Å². The van der Waals surface area contributed by atoms with Crippen LogP contribution in [0.5, 0.6) is 0 Å². The number of amides is 1. The van der Waals surface area contributed by atoms with Crippen LogP contribution in [0.3, 0.4) is 0 Å². The van der Waals surface area contributed by atoms with Gasteiger partial charge in [-0.2, -0.15) is 4.99 Å². The fourth-order valence-corrected chi connectivity index (χ4v) is 4.69. The van der Waals surface area contributed by atoms with Crippen LogP contribution in [0.1, 0.15) is 28.1 Å². The summed E-state index contributed by atoms with van der Waals surface area (Å²) in [7, 11) is 0. The zero-order chi connectivity index (χ0) is 24.2. The van der Waals surface area contributed by atoms with Crippen LogP contribution in [0.15, 0.2) is 76.2 Å². The van der Waals surface area contributed by atoms with E-state index in [-0.39, 0.29) is 11.9 Å². The van der Waals surface area contributed by atoms with Gasteiger partial charge in [0.15, 0.2) is 0 Å². The van der Waals surface area contributed by atoms with Gasteiger partial charge in [0.1, 0.15) is 5.69 Å². The molecule has 0 aliphatic carbocycles. The number of aliphatic imine (C=N–C) groups is 2. The van der Waals surface area contributed by atoms with Crippen molar-refractivity contribution in [2.24, 2.45) is 15.7 Å². The second-order valence-electron chi connectivity index (χ2n) is 7.74. The third-order valence-electron chi connectivity index (χ3n) is 5.47. The van der Waals surface area contributed by atoms with Gasteiger partial charge in [-0.1, -0.05) is 54.6 Å². The molecule has 2 aliphatic heterocycles. The lowest BCUT2D eigenvalue weighted by Crippen LogP contribution is -2.29. The van der Waals surface area contributed by atoms with Gasteiger partial charge in [0.25, 0.3) is 11.9 Å². The van der Waals surface area contributed by atoms with E-state index in [1.165, 1.54) is 11.3 Å². The van der Waals surface area contributed by atoms with Crippen molar-refractivity contribution in [1.29, 1.82) is 5.41 Å². The predicted octanol–water partition coefficient (Wildman–Crippen LogP) is 3.42. The molecule has 1 amide bonds. The Kier molecular flexibility index (Phi) is 6.47. The molecule has 0 bridgehead atoms. The summed E-state index contributed by atoms with van der Waals surface area (Å²) in [6.45, 7) is 1.13. The second kappa shape index (κ2) is 10.00. The van der Waals surface area contributed by atoms with Crippen LogP contribution in [0.25, 0.3) is 5.57 Å². The molecule has 0 radical (unpaired) electrons. The number of hydrogen-bond donors (Lipinski definition) is 3. The number of aromatic nitrogens is 1. The minimum atomic E-state index is -1.20. The summed E-state index contributed by atoms with van der Waals surface area (Å²) in [5.41, 5.74) is 11.9. The van der Waals surface area contributed by atoms with Crippen LogP contribution >= 0.6 is 11.3 Å². The lowest BCUT2D eigenvalue weighted by Gasteiger charge is -2.13. The summed E-state index contributed by atoms with van der Waals surface area (Å²) in [6, 6.07) is 16.6. The molecular weight excluding hydrogens is 464 g/mol. The average Bonchev–Trinajstić information content (AvgIpc) is 3.33. The van der Waals surface area contributed by atoms with Gasteiger partial charge in [0.2, 0.25) is 12.1 Å². The van der Waals surface area contributed by atoms with Crippen molar-refractivity contribution in [2.75, 3.05) is 18.5 Å². The highest BCUT2D eigenvalue weighted by atomic mass is 32.1. The number of anilines is 1. The first-order chi connectivity index (χ1) is 17.1. The number of benzene rings is 2. The molecule has 1 unspecified atom stereocenters. The molecule has 0 spiro atoms. The number of carbonyl (C=O) groups excluding carboxylic acids is 1. The number of thiazole rings is 1. The zero-order valence-electron chi connectivity index (χ0n) is 18.6. The molecule has 1 atom stereocenters. The molecule has 1 aromatic heterocycles. The fraction of sp³-hybridized carbons (Fsp3) is 0.160. The first-order valence-corrected chi connectivity index (χ1v) is 11.8. The number of nitrogens with two attached hydrogens (primary N) is 1. The Morgan fingerprint density at radius 2 is 2.00 bits per heavy atom. The zero-order valence-corrected chi connectivity index (χ0v) is 19.4. The van der Waals surface area contributed by atoms with Gasteiger partial charge in [0, 0.05) is 11.1 Å². The number of amidine groups is 1. The van der Waals surface area contributed by atoms with E-state index >= 15 is 0 Å². The third-order valence-corrected chi connectivity index (χ3v) is 6.37. The number of nitrogens with one attached hydrogen (secondary N) is 2. The molecule has 2 aromatic carbocycles. The first-order valence-electron chi connectivity index (χ1n) is 10.9. The lowest BCUT2D eigenvalue weighted by atomic mass is 10.0. The van der Waals surface area contributed by atoms with Gasteiger partial charge in [-0.15, -0.1) is 11.3 Å². The minimum absolute atomic E-state index is 0.250. The maximum absolute atomic E-state index is 12.9. The Labute approximate surface area is 205 Å². The van der Waals surface area contributed by atoms with Crippen LogP contribution in [0.2, 0.25) is 0 Å². The number of hydrogen-bond acceptors (Lipinski definition) is 8. The molecular formula is C25H22N6O3S. The lowest BCUT2D eigenvalue weighted by molar-refractivity contribution is -0.117. The predicted molar refractivity (Wildman–Crippen MR) is 136 cm³/mol. The molecule has 3 heterocycles. The molecule has 2 aliphatic rings. The first kappa shape index (κ1) is 22.6. The standard InChI is InChI=1S/C25H22N6O3S/c26-22(20-21(35-14-28-20)16-10-12-33-13-11-16)34-25(27)31-23-24(32)29-18-9-5-4-8-17(18)19(30-23)15-6-2-1-3-7-15/h1-10,14,23,26H,11-13H2,(H2,27,31)(H,29,32). The maximum Gasteiger partial charge on any atom is 0.291 e. The van der Waals surface area contributed by atoms with E-state index in [1.54, 1.807) is 5.51 Å². The summed E-state index contributed by atoms with van der Waals surface area (Å²) in [4.78, 5) is 26.9. The van der Waals surface area contributed by atoms with E-state index in [2.05, 4.69) is 20.3 Å². The van der Waals surface area contributed by atoms with E-state index < -0.39 is 12.1 Å². The molecule has 0 fully saturated rings. The van der Waals surface area contributed by atoms with Crippen molar-refractivity contribution < 1.29 is 14.3 Å². The van der Waals surface area contributed by atoms with E-state index in [4.69, 9.17) is 20.6 Å². The Hall–Kier alpha value is -4.15. The van der Waals surface area contributed by atoms with E-state index in [0.29, 0.717) is 30.3 Å². The second-order valence-corrected chi connectivity index (χ2v) is 8.59. The number of nitrogens with zero attached hydrogens (tertiary/aromatic N) is 3. The number of para-hydroxylation sites is 1. The van der Waals surface area contributed by atoms with Crippen molar-refractivity contribution in [2.45, 2.75) is 12.6 Å². The molecule has 9 nitrogen and oxygen atoms in total. The molecule has 5 rings (SSSR count). The summed E-state index contributed by atoms with van der Waals surface area (Å²) in [5, 5.41) is 11.2. The molecule has 176 valence electrons. The summed E-state index contributed by atoms with van der Waals surface area (Å²) in [6.07, 6.45) is 1.50. The van der Waals surface area contributed by atoms with E-state index in [0.717, 1.165) is 28.0 Å². The van der Waals surface area contributed by atoms with Crippen molar-refractivity contribution >= 4 is 46.1 Å². The summed E-state index contributed by atoms with van der Waals surface area (Å²) < 4.78 is 10.8. The van der Waals surface area contributed by atoms with Crippen molar-refractivity contribution in [3.05, 3.63) is 87.9 Å². The Morgan fingerprint density at radius 3 is 2.80 bits per heavy atom. The average molecular weight is 487 g/mol. The Balaban J connectivity index is 1.43. The highest BCUT2D eigenvalue weighted by molar-refractivity contribution is 7.11. The fourth-order valence-electron chi connectivity index (χ4n) is 3.83. The molecule has 3 aromatic rings.